The van der Waals surface area contributed by atoms with Crippen LogP contribution in [0.4, 0.5) is 14.6 Å². The number of benzene rings is 1. The summed E-state index contributed by atoms with van der Waals surface area (Å²) in [5.74, 6) is -0.484. The van der Waals surface area contributed by atoms with Crippen molar-refractivity contribution in [1.29, 1.82) is 0 Å². The number of hydrogen-bond acceptors (Lipinski definition) is 3. The number of nitrogens with zero attached hydrogens (tertiary/aromatic N) is 2. The molecule has 5 heteroatoms. The molecule has 2 aromatic rings. The van der Waals surface area contributed by atoms with Crippen LogP contribution < -0.4 is 5.73 Å². The normalized spacial score (nSPS) is 11.2. The van der Waals surface area contributed by atoms with E-state index in [4.69, 9.17) is 5.73 Å². The lowest BCUT2D eigenvalue weighted by Crippen LogP contribution is -2.14. The highest BCUT2D eigenvalue weighted by Crippen LogP contribution is 2.20. The highest BCUT2D eigenvalue weighted by Gasteiger charge is 2.14. The smallest absolute Gasteiger partial charge is 0.132 e. The molecule has 3 nitrogen and oxygen atoms in total. The van der Waals surface area contributed by atoms with Crippen LogP contribution in [-0.2, 0) is 19.3 Å². The maximum Gasteiger partial charge on any atom is 0.132 e. The van der Waals surface area contributed by atoms with E-state index in [1.54, 1.807) is 12.1 Å². The van der Waals surface area contributed by atoms with Crippen molar-refractivity contribution in [1.82, 2.24) is 9.88 Å². The average molecular weight is 333 g/mol. The van der Waals surface area contributed by atoms with Crippen LogP contribution in [0.25, 0.3) is 0 Å². The number of halogens is 2. The Bertz CT molecular complexity index is 679. The van der Waals surface area contributed by atoms with E-state index in [0.29, 0.717) is 24.2 Å². The molecular weight excluding hydrogens is 308 g/mol. The van der Waals surface area contributed by atoms with Gasteiger partial charge in [0.25, 0.3) is 0 Å². The van der Waals surface area contributed by atoms with E-state index in [-0.39, 0.29) is 12.0 Å². The zero-order valence-corrected chi connectivity index (χ0v) is 14.6. The van der Waals surface area contributed by atoms with Crippen molar-refractivity contribution in [2.45, 2.75) is 32.6 Å². The van der Waals surface area contributed by atoms with Crippen LogP contribution in [0.2, 0.25) is 0 Å². The van der Waals surface area contributed by atoms with Gasteiger partial charge in [-0.15, -0.1) is 0 Å². The van der Waals surface area contributed by atoms with E-state index in [1.807, 2.05) is 27.1 Å². The lowest BCUT2D eigenvalue weighted by Gasteiger charge is -2.12. The monoisotopic (exact) mass is 333 g/mol. The molecule has 0 bridgehead atoms. The van der Waals surface area contributed by atoms with Crippen LogP contribution in [0, 0.1) is 18.6 Å². The number of aryl methyl sites for hydroxylation is 3. The first-order valence-corrected chi connectivity index (χ1v) is 8.20. The number of pyridine rings is 1. The molecule has 130 valence electrons. The first-order chi connectivity index (χ1) is 11.4. The summed E-state index contributed by atoms with van der Waals surface area (Å²) in [5, 5.41) is 0. The van der Waals surface area contributed by atoms with Gasteiger partial charge < -0.3 is 10.6 Å². The molecule has 0 spiro atoms. The van der Waals surface area contributed by atoms with Crippen molar-refractivity contribution < 1.29 is 8.78 Å². The predicted molar refractivity (Wildman–Crippen MR) is 94.0 cm³/mol. The molecule has 2 N–H and O–H groups in total. The van der Waals surface area contributed by atoms with Crippen LogP contribution in [-0.4, -0.2) is 30.5 Å². The molecule has 0 saturated carbocycles. The molecule has 1 heterocycles. The van der Waals surface area contributed by atoms with Crippen molar-refractivity contribution in [3.05, 3.63) is 58.3 Å². The molecule has 0 radical (unpaired) electrons. The largest absolute Gasteiger partial charge is 0.384 e. The molecule has 0 atom stereocenters. The van der Waals surface area contributed by atoms with Crippen molar-refractivity contribution in [3.8, 4) is 0 Å². The molecular formula is C19H25F2N3. The minimum Gasteiger partial charge on any atom is -0.384 e. The van der Waals surface area contributed by atoms with Gasteiger partial charge in [-0.3, -0.25) is 0 Å². The third-order valence-corrected chi connectivity index (χ3v) is 3.99. The topological polar surface area (TPSA) is 42.1 Å². The van der Waals surface area contributed by atoms with Crippen LogP contribution in [0.3, 0.4) is 0 Å². The second-order valence-electron chi connectivity index (χ2n) is 6.47. The average Bonchev–Trinajstić information content (AvgIpc) is 2.48. The zero-order valence-electron chi connectivity index (χ0n) is 14.6. The molecule has 1 aromatic heterocycles. The summed E-state index contributed by atoms with van der Waals surface area (Å²) in [6, 6.07) is 6.58. The Morgan fingerprint density at radius 3 is 2.50 bits per heavy atom. The number of rotatable bonds is 7. The van der Waals surface area contributed by atoms with E-state index in [2.05, 4.69) is 9.88 Å². The Kier molecular flexibility index (Phi) is 6.26. The van der Waals surface area contributed by atoms with Crippen molar-refractivity contribution in [2.24, 2.45) is 0 Å². The molecule has 0 fully saturated rings. The van der Waals surface area contributed by atoms with Gasteiger partial charge >= 0.3 is 0 Å². The van der Waals surface area contributed by atoms with Gasteiger partial charge in [0.15, 0.2) is 0 Å². The van der Waals surface area contributed by atoms with E-state index in [0.717, 1.165) is 24.2 Å². The van der Waals surface area contributed by atoms with Gasteiger partial charge in [0.2, 0.25) is 0 Å². The Morgan fingerprint density at radius 2 is 1.83 bits per heavy atom. The highest BCUT2D eigenvalue weighted by atomic mass is 19.1. The van der Waals surface area contributed by atoms with Crippen LogP contribution in [0.5, 0.6) is 0 Å². The Morgan fingerprint density at radius 1 is 1.08 bits per heavy atom. The second-order valence-corrected chi connectivity index (χ2v) is 6.47. The maximum absolute atomic E-state index is 14.6. The zero-order chi connectivity index (χ0) is 17.7. The Balaban J connectivity index is 2.11. The molecule has 0 aliphatic carbocycles. The summed E-state index contributed by atoms with van der Waals surface area (Å²) in [6.07, 6.45) is 2.17. The Labute approximate surface area is 142 Å². The summed E-state index contributed by atoms with van der Waals surface area (Å²) in [4.78, 5) is 6.28. The molecule has 0 saturated heterocycles. The molecule has 0 amide bonds. The molecule has 0 unspecified atom stereocenters. The second kappa shape index (κ2) is 8.20. The van der Waals surface area contributed by atoms with Gasteiger partial charge in [0.1, 0.15) is 17.5 Å². The third kappa shape index (κ3) is 4.99. The van der Waals surface area contributed by atoms with Crippen molar-refractivity contribution in [2.75, 3.05) is 26.4 Å². The molecule has 1 aromatic carbocycles. The van der Waals surface area contributed by atoms with Crippen molar-refractivity contribution in [3.63, 3.8) is 0 Å². The van der Waals surface area contributed by atoms with E-state index >= 15 is 0 Å². The van der Waals surface area contributed by atoms with Gasteiger partial charge in [-0.05, 0) is 82.6 Å². The number of nitrogens with two attached hydrogens (primary N) is 1. The highest BCUT2D eigenvalue weighted by molar-refractivity contribution is 5.35. The first-order valence-electron chi connectivity index (χ1n) is 8.20. The van der Waals surface area contributed by atoms with E-state index in [1.165, 1.54) is 6.07 Å². The van der Waals surface area contributed by atoms with E-state index in [9.17, 15) is 8.78 Å². The van der Waals surface area contributed by atoms with Gasteiger partial charge in [-0.1, -0.05) is 6.07 Å². The molecule has 0 aliphatic rings. The van der Waals surface area contributed by atoms with Crippen LogP contribution in [0.15, 0.2) is 24.3 Å². The minimum absolute atomic E-state index is 0.138. The van der Waals surface area contributed by atoms with Crippen LogP contribution in [0.1, 0.15) is 28.8 Å². The fourth-order valence-electron chi connectivity index (χ4n) is 2.80. The number of hydrogen-bond donors (Lipinski definition) is 1. The summed E-state index contributed by atoms with van der Waals surface area (Å²) < 4.78 is 28.7. The SMILES string of the molecule is Cc1cc(N)nc(CCc2c(F)ccc(CCCN(C)C)c2F)c1. The van der Waals surface area contributed by atoms with Gasteiger partial charge in [0.05, 0.1) is 0 Å². The number of aromatic nitrogens is 1. The lowest BCUT2D eigenvalue weighted by atomic mass is 10.00. The Hall–Kier alpha value is -2.01. The van der Waals surface area contributed by atoms with E-state index < -0.39 is 11.6 Å². The minimum atomic E-state index is -0.496. The van der Waals surface area contributed by atoms with Gasteiger partial charge in [-0.25, -0.2) is 13.8 Å². The lowest BCUT2D eigenvalue weighted by molar-refractivity contribution is 0.398. The summed E-state index contributed by atoms with van der Waals surface area (Å²) in [5.41, 5.74) is 8.19. The summed E-state index contributed by atoms with van der Waals surface area (Å²) in [6.45, 7) is 2.80. The fraction of sp³-hybridized carbons (Fsp3) is 0.421. The van der Waals surface area contributed by atoms with Crippen LogP contribution >= 0.6 is 0 Å². The predicted octanol–water partition coefficient (Wildman–Crippen LogP) is 3.53. The van der Waals surface area contributed by atoms with Gasteiger partial charge in [0, 0.05) is 11.3 Å². The summed E-state index contributed by atoms with van der Waals surface area (Å²) in [7, 11) is 3.96. The number of anilines is 1. The quantitative estimate of drug-likeness (QED) is 0.843. The molecule has 2 rings (SSSR count). The first kappa shape index (κ1) is 18.3. The molecule has 0 aliphatic heterocycles. The molecule has 24 heavy (non-hydrogen) atoms. The van der Waals surface area contributed by atoms with Crippen molar-refractivity contribution >= 4 is 5.82 Å². The number of nitrogen functional groups attached to an aromatic ring is 1. The summed E-state index contributed by atoms with van der Waals surface area (Å²) >= 11 is 0. The standard InChI is InChI=1S/C19H25F2N3/c1-13-11-15(23-18(22)12-13)7-8-16-17(20)9-6-14(19(16)21)5-4-10-24(2)3/h6,9,11-12H,4-5,7-8,10H2,1-3H3,(H2,22,23). The fourth-order valence-corrected chi connectivity index (χ4v) is 2.80. The third-order valence-electron chi connectivity index (χ3n) is 3.99. The maximum atomic E-state index is 14.6. The van der Waals surface area contributed by atoms with Gasteiger partial charge in [-0.2, -0.15) is 0 Å².